The summed E-state index contributed by atoms with van der Waals surface area (Å²) in [6, 6.07) is 1.62. The Bertz CT molecular complexity index is 208. The summed E-state index contributed by atoms with van der Waals surface area (Å²) in [6.45, 7) is 6.87. The van der Waals surface area contributed by atoms with Gasteiger partial charge in [-0.05, 0) is 46.1 Å². The minimum atomic E-state index is -0.0990. The maximum Gasteiger partial charge on any atom is 0.0693 e. The maximum atomic E-state index is 9.75. The quantitative estimate of drug-likeness (QED) is 0.732. The second-order valence-electron chi connectivity index (χ2n) is 5.35. The van der Waals surface area contributed by atoms with Gasteiger partial charge in [-0.3, -0.25) is 4.90 Å². The Morgan fingerprint density at radius 2 is 2.07 bits per heavy atom. The predicted octanol–water partition coefficient (Wildman–Crippen LogP) is 0.972. The predicted molar refractivity (Wildman–Crippen MR) is 61.9 cm³/mol. The Morgan fingerprint density at radius 3 is 2.60 bits per heavy atom. The molecule has 0 aromatic carbocycles. The fourth-order valence-corrected chi connectivity index (χ4v) is 2.83. The van der Waals surface area contributed by atoms with Gasteiger partial charge in [-0.1, -0.05) is 0 Å². The number of likely N-dealkylation sites (tertiary alicyclic amines) is 1. The molecular formula is C12H24N2O. The zero-order valence-corrected chi connectivity index (χ0v) is 9.95. The molecule has 2 aliphatic rings. The van der Waals surface area contributed by atoms with E-state index in [4.69, 9.17) is 0 Å². The third kappa shape index (κ3) is 2.71. The van der Waals surface area contributed by atoms with Crippen LogP contribution in [0.5, 0.6) is 0 Å². The number of rotatable bonds is 3. The Labute approximate surface area is 92.8 Å². The molecule has 2 fully saturated rings. The molecule has 88 valence electrons. The third-order valence-corrected chi connectivity index (χ3v) is 3.88. The lowest BCUT2D eigenvalue weighted by Gasteiger charge is -2.23. The van der Waals surface area contributed by atoms with Crippen molar-refractivity contribution in [3.05, 3.63) is 0 Å². The number of aliphatic hydroxyl groups excluding tert-OH is 1. The minimum absolute atomic E-state index is 0.0990. The summed E-state index contributed by atoms with van der Waals surface area (Å²) in [7, 11) is 0. The second kappa shape index (κ2) is 4.81. The van der Waals surface area contributed by atoms with Crippen LogP contribution in [0.15, 0.2) is 0 Å². The van der Waals surface area contributed by atoms with Crippen LogP contribution in [0.25, 0.3) is 0 Å². The average Bonchev–Trinajstić information content (AvgIpc) is 2.77. The van der Waals surface area contributed by atoms with E-state index < -0.39 is 0 Å². The molecule has 1 saturated carbocycles. The highest BCUT2D eigenvalue weighted by Crippen LogP contribution is 2.21. The van der Waals surface area contributed by atoms with Crippen LogP contribution in [-0.2, 0) is 0 Å². The molecule has 0 bridgehead atoms. The van der Waals surface area contributed by atoms with Crippen molar-refractivity contribution in [2.24, 2.45) is 0 Å². The molecule has 0 amide bonds. The smallest absolute Gasteiger partial charge is 0.0693 e. The van der Waals surface area contributed by atoms with Crippen LogP contribution < -0.4 is 5.32 Å². The fraction of sp³-hybridized carbons (Fsp3) is 1.00. The first-order valence-corrected chi connectivity index (χ1v) is 6.35. The van der Waals surface area contributed by atoms with Crippen molar-refractivity contribution < 1.29 is 5.11 Å². The summed E-state index contributed by atoms with van der Waals surface area (Å²) in [5.41, 5.74) is 0. The van der Waals surface area contributed by atoms with E-state index in [2.05, 4.69) is 24.1 Å². The first kappa shape index (κ1) is 11.4. The molecule has 3 atom stereocenters. The van der Waals surface area contributed by atoms with Gasteiger partial charge in [-0.25, -0.2) is 0 Å². The largest absolute Gasteiger partial charge is 0.392 e. The molecule has 0 aromatic rings. The SMILES string of the molecule is CC(C)N1CCC(NC2CCCC2O)C1. The van der Waals surface area contributed by atoms with Crippen molar-refractivity contribution in [1.29, 1.82) is 0 Å². The molecule has 15 heavy (non-hydrogen) atoms. The van der Waals surface area contributed by atoms with Gasteiger partial charge >= 0.3 is 0 Å². The lowest BCUT2D eigenvalue weighted by atomic mass is 10.1. The average molecular weight is 212 g/mol. The monoisotopic (exact) mass is 212 g/mol. The van der Waals surface area contributed by atoms with Gasteiger partial charge in [0.1, 0.15) is 0 Å². The molecule has 1 aliphatic carbocycles. The first-order chi connectivity index (χ1) is 7.16. The van der Waals surface area contributed by atoms with E-state index in [0.717, 1.165) is 19.4 Å². The fourth-order valence-electron chi connectivity index (χ4n) is 2.83. The highest BCUT2D eigenvalue weighted by Gasteiger charge is 2.30. The summed E-state index contributed by atoms with van der Waals surface area (Å²) in [4.78, 5) is 2.51. The van der Waals surface area contributed by atoms with Crippen LogP contribution in [0.4, 0.5) is 0 Å². The van der Waals surface area contributed by atoms with Crippen LogP contribution in [-0.4, -0.2) is 47.3 Å². The molecule has 1 heterocycles. The van der Waals surface area contributed by atoms with Gasteiger partial charge in [-0.2, -0.15) is 0 Å². The number of nitrogens with one attached hydrogen (secondary N) is 1. The van der Waals surface area contributed by atoms with Gasteiger partial charge in [0.25, 0.3) is 0 Å². The molecule has 3 unspecified atom stereocenters. The molecule has 3 nitrogen and oxygen atoms in total. The molecule has 2 rings (SSSR count). The molecule has 0 radical (unpaired) electrons. The van der Waals surface area contributed by atoms with Crippen molar-refractivity contribution in [3.63, 3.8) is 0 Å². The van der Waals surface area contributed by atoms with Crippen molar-refractivity contribution in [2.75, 3.05) is 13.1 Å². The van der Waals surface area contributed by atoms with Crippen molar-refractivity contribution in [1.82, 2.24) is 10.2 Å². The van der Waals surface area contributed by atoms with Crippen molar-refractivity contribution in [2.45, 2.75) is 63.8 Å². The summed E-state index contributed by atoms with van der Waals surface area (Å²) < 4.78 is 0. The van der Waals surface area contributed by atoms with Crippen molar-refractivity contribution in [3.8, 4) is 0 Å². The van der Waals surface area contributed by atoms with Crippen LogP contribution in [0.2, 0.25) is 0 Å². The first-order valence-electron chi connectivity index (χ1n) is 6.35. The number of hydrogen-bond acceptors (Lipinski definition) is 3. The number of aliphatic hydroxyl groups is 1. The van der Waals surface area contributed by atoms with Crippen molar-refractivity contribution >= 4 is 0 Å². The Hall–Kier alpha value is -0.120. The van der Waals surface area contributed by atoms with Crippen LogP contribution in [0, 0.1) is 0 Å². The minimum Gasteiger partial charge on any atom is -0.392 e. The van der Waals surface area contributed by atoms with E-state index in [-0.39, 0.29) is 6.10 Å². The topological polar surface area (TPSA) is 35.5 Å². The lowest BCUT2D eigenvalue weighted by molar-refractivity contribution is 0.142. The summed E-state index contributed by atoms with van der Waals surface area (Å²) in [5.74, 6) is 0. The van der Waals surface area contributed by atoms with E-state index in [1.165, 1.54) is 19.4 Å². The number of nitrogens with zero attached hydrogens (tertiary/aromatic N) is 1. The molecule has 3 heteroatoms. The van der Waals surface area contributed by atoms with E-state index in [0.29, 0.717) is 18.1 Å². The molecule has 1 aliphatic heterocycles. The normalized spacial score (nSPS) is 38.0. The number of hydrogen-bond donors (Lipinski definition) is 2. The lowest BCUT2D eigenvalue weighted by Crippen LogP contribution is -2.44. The third-order valence-electron chi connectivity index (χ3n) is 3.88. The molecular weight excluding hydrogens is 188 g/mol. The zero-order valence-electron chi connectivity index (χ0n) is 9.95. The summed E-state index contributed by atoms with van der Waals surface area (Å²) in [6.07, 6.45) is 4.46. The van der Waals surface area contributed by atoms with Crippen LogP contribution in [0.3, 0.4) is 0 Å². The standard InChI is InChI=1S/C12H24N2O/c1-9(2)14-7-6-10(8-14)13-11-4-3-5-12(11)15/h9-13,15H,3-8H2,1-2H3. The van der Waals surface area contributed by atoms with E-state index in [9.17, 15) is 5.11 Å². The van der Waals surface area contributed by atoms with Gasteiger partial charge in [-0.15, -0.1) is 0 Å². The molecule has 1 saturated heterocycles. The van der Waals surface area contributed by atoms with Crippen LogP contribution >= 0.6 is 0 Å². The van der Waals surface area contributed by atoms with E-state index in [1.54, 1.807) is 0 Å². The Balaban J connectivity index is 1.77. The van der Waals surface area contributed by atoms with Crippen LogP contribution in [0.1, 0.15) is 39.5 Å². The molecule has 0 aromatic heterocycles. The Morgan fingerprint density at radius 1 is 1.27 bits per heavy atom. The highest BCUT2D eigenvalue weighted by atomic mass is 16.3. The molecule has 2 N–H and O–H groups in total. The van der Waals surface area contributed by atoms with Gasteiger partial charge in [0.2, 0.25) is 0 Å². The van der Waals surface area contributed by atoms with E-state index in [1.807, 2.05) is 0 Å². The summed E-state index contributed by atoms with van der Waals surface area (Å²) >= 11 is 0. The Kier molecular flexibility index (Phi) is 3.65. The maximum absolute atomic E-state index is 9.75. The van der Waals surface area contributed by atoms with Gasteiger partial charge in [0.05, 0.1) is 6.10 Å². The van der Waals surface area contributed by atoms with E-state index >= 15 is 0 Å². The summed E-state index contributed by atoms with van der Waals surface area (Å²) in [5, 5.41) is 13.4. The van der Waals surface area contributed by atoms with Gasteiger partial charge in [0.15, 0.2) is 0 Å². The zero-order chi connectivity index (χ0) is 10.8. The molecule has 0 spiro atoms. The highest BCUT2D eigenvalue weighted by molar-refractivity contribution is 4.90. The van der Waals surface area contributed by atoms with Gasteiger partial charge in [0, 0.05) is 24.7 Å². The second-order valence-corrected chi connectivity index (χ2v) is 5.35. The van der Waals surface area contributed by atoms with Gasteiger partial charge < -0.3 is 10.4 Å².